The molecule has 0 aliphatic carbocycles. The van der Waals surface area contributed by atoms with Crippen LogP contribution in [0, 0.1) is 0 Å². The van der Waals surface area contributed by atoms with Crippen molar-refractivity contribution in [3.63, 3.8) is 0 Å². The Morgan fingerprint density at radius 1 is 1.12 bits per heavy atom. The molecule has 1 aliphatic heterocycles. The first-order valence-electron chi connectivity index (χ1n) is 11.5. The average Bonchev–Trinajstić information content (AvgIpc) is 2.83. The fourth-order valence-electron chi connectivity index (χ4n) is 3.74. The van der Waals surface area contributed by atoms with E-state index < -0.39 is 6.10 Å². The summed E-state index contributed by atoms with van der Waals surface area (Å²) in [5.41, 5.74) is 1.50. The predicted molar refractivity (Wildman–Crippen MR) is 127 cm³/mol. The van der Waals surface area contributed by atoms with Gasteiger partial charge in [0.2, 0.25) is 0 Å². The molecule has 1 atom stereocenters. The molecule has 1 saturated heterocycles. The van der Waals surface area contributed by atoms with Gasteiger partial charge in [-0.15, -0.1) is 0 Å². The standard InChI is InChI=1S/C26H34N2O5/c1-19(29)22-7-5-9-25(17-22)33-20(2)26(30)27-18-21-6-4-8-24(16-21)32-15-12-28(3)23-10-13-31-14-11-23/h4-9,16-17,20,23H,10-15,18H2,1-3H3,(H,27,30). The Kier molecular flexibility index (Phi) is 9.27. The van der Waals surface area contributed by atoms with E-state index in [4.69, 9.17) is 14.2 Å². The third-order valence-electron chi connectivity index (χ3n) is 5.81. The number of carbonyl (C=O) groups excluding carboxylic acids is 2. The first kappa shape index (κ1) is 24.7. The molecule has 1 amide bonds. The highest BCUT2D eigenvalue weighted by Gasteiger charge is 2.18. The van der Waals surface area contributed by atoms with Gasteiger partial charge in [0.25, 0.3) is 5.91 Å². The number of nitrogens with one attached hydrogen (secondary N) is 1. The second kappa shape index (κ2) is 12.4. The number of hydrogen-bond donors (Lipinski definition) is 1. The van der Waals surface area contributed by atoms with E-state index in [1.807, 2.05) is 24.3 Å². The van der Waals surface area contributed by atoms with E-state index in [2.05, 4.69) is 17.3 Å². The van der Waals surface area contributed by atoms with E-state index in [0.29, 0.717) is 30.5 Å². The van der Waals surface area contributed by atoms with Crippen LogP contribution in [0.3, 0.4) is 0 Å². The highest BCUT2D eigenvalue weighted by Crippen LogP contribution is 2.17. The number of ketones is 1. The molecule has 0 bridgehead atoms. The molecule has 178 valence electrons. The topological polar surface area (TPSA) is 77.1 Å². The maximum absolute atomic E-state index is 12.5. The van der Waals surface area contributed by atoms with Crippen molar-refractivity contribution in [3.8, 4) is 11.5 Å². The molecule has 7 nitrogen and oxygen atoms in total. The summed E-state index contributed by atoms with van der Waals surface area (Å²) < 4.78 is 17.1. The van der Waals surface area contributed by atoms with Crippen molar-refractivity contribution < 1.29 is 23.8 Å². The maximum Gasteiger partial charge on any atom is 0.261 e. The van der Waals surface area contributed by atoms with Crippen molar-refractivity contribution in [2.24, 2.45) is 0 Å². The predicted octanol–water partition coefficient (Wildman–Crippen LogP) is 3.46. The summed E-state index contributed by atoms with van der Waals surface area (Å²) in [5, 5.41) is 2.89. The summed E-state index contributed by atoms with van der Waals surface area (Å²) in [7, 11) is 2.13. The average molecular weight is 455 g/mol. The number of hydrogen-bond acceptors (Lipinski definition) is 6. The number of rotatable bonds is 11. The normalized spacial score (nSPS) is 15.2. The van der Waals surface area contributed by atoms with Crippen molar-refractivity contribution in [1.82, 2.24) is 10.2 Å². The largest absolute Gasteiger partial charge is 0.492 e. The number of Topliss-reactive ketones (excluding diaryl/α,β-unsaturated/α-hetero) is 1. The Morgan fingerprint density at radius 2 is 1.85 bits per heavy atom. The minimum absolute atomic E-state index is 0.0464. The number of benzene rings is 2. The zero-order chi connectivity index (χ0) is 23.6. The summed E-state index contributed by atoms with van der Waals surface area (Å²) in [6, 6.07) is 15.1. The molecule has 1 heterocycles. The van der Waals surface area contributed by atoms with Crippen LogP contribution < -0.4 is 14.8 Å². The van der Waals surface area contributed by atoms with Gasteiger partial charge in [0.15, 0.2) is 11.9 Å². The second-order valence-corrected chi connectivity index (χ2v) is 8.38. The van der Waals surface area contributed by atoms with Crippen molar-refractivity contribution in [3.05, 3.63) is 59.7 Å². The van der Waals surface area contributed by atoms with E-state index in [1.54, 1.807) is 31.2 Å². The molecular formula is C26H34N2O5. The summed E-state index contributed by atoms with van der Waals surface area (Å²) in [5.74, 6) is 1.00. The van der Waals surface area contributed by atoms with Crippen LogP contribution in [0.2, 0.25) is 0 Å². The summed E-state index contributed by atoms with van der Waals surface area (Å²) in [4.78, 5) is 26.3. The van der Waals surface area contributed by atoms with Gasteiger partial charge in [-0.25, -0.2) is 0 Å². The molecule has 7 heteroatoms. The van der Waals surface area contributed by atoms with Crippen LogP contribution >= 0.6 is 0 Å². The SMILES string of the molecule is CC(=O)c1cccc(OC(C)C(=O)NCc2cccc(OCCN(C)C3CCOCC3)c2)c1. The van der Waals surface area contributed by atoms with Crippen LogP contribution in [0.4, 0.5) is 0 Å². The molecule has 0 radical (unpaired) electrons. The van der Waals surface area contributed by atoms with Crippen molar-refractivity contribution in [2.75, 3.05) is 33.4 Å². The van der Waals surface area contributed by atoms with E-state index in [0.717, 1.165) is 43.9 Å². The molecule has 2 aromatic carbocycles. The Labute approximate surface area is 196 Å². The van der Waals surface area contributed by atoms with Gasteiger partial charge < -0.3 is 19.5 Å². The summed E-state index contributed by atoms with van der Waals surface area (Å²) >= 11 is 0. The lowest BCUT2D eigenvalue weighted by Crippen LogP contribution is -2.38. The Bertz CT molecular complexity index is 926. The van der Waals surface area contributed by atoms with Crippen molar-refractivity contribution >= 4 is 11.7 Å². The van der Waals surface area contributed by atoms with E-state index in [9.17, 15) is 9.59 Å². The van der Waals surface area contributed by atoms with Crippen LogP contribution in [0.15, 0.2) is 48.5 Å². The number of nitrogens with zero attached hydrogens (tertiary/aromatic N) is 1. The first-order chi connectivity index (χ1) is 15.9. The van der Waals surface area contributed by atoms with Gasteiger partial charge in [-0.1, -0.05) is 24.3 Å². The highest BCUT2D eigenvalue weighted by atomic mass is 16.5. The summed E-state index contributed by atoms with van der Waals surface area (Å²) in [6.07, 6.45) is 1.44. The third kappa shape index (κ3) is 7.87. The fourth-order valence-corrected chi connectivity index (χ4v) is 3.74. The number of carbonyl (C=O) groups is 2. The molecule has 1 aliphatic rings. The molecule has 2 aromatic rings. The van der Waals surface area contributed by atoms with E-state index >= 15 is 0 Å². The van der Waals surface area contributed by atoms with E-state index in [-0.39, 0.29) is 11.7 Å². The van der Waals surface area contributed by atoms with Gasteiger partial charge in [0, 0.05) is 37.9 Å². The van der Waals surface area contributed by atoms with E-state index in [1.165, 1.54) is 6.92 Å². The van der Waals surface area contributed by atoms with Crippen LogP contribution in [0.1, 0.15) is 42.6 Å². The molecule has 0 aromatic heterocycles. The van der Waals surface area contributed by atoms with Gasteiger partial charge >= 0.3 is 0 Å². The zero-order valence-corrected chi connectivity index (χ0v) is 19.7. The lowest BCUT2D eigenvalue weighted by molar-refractivity contribution is -0.127. The number of ether oxygens (including phenoxy) is 3. The third-order valence-corrected chi connectivity index (χ3v) is 5.81. The van der Waals surface area contributed by atoms with Gasteiger partial charge in [0.05, 0.1) is 0 Å². The minimum atomic E-state index is -0.688. The Morgan fingerprint density at radius 3 is 2.61 bits per heavy atom. The number of amides is 1. The van der Waals surface area contributed by atoms with Gasteiger partial charge in [-0.3, -0.25) is 14.5 Å². The molecule has 0 saturated carbocycles. The monoisotopic (exact) mass is 454 g/mol. The zero-order valence-electron chi connectivity index (χ0n) is 19.7. The maximum atomic E-state index is 12.5. The molecule has 1 fully saturated rings. The lowest BCUT2D eigenvalue weighted by atomic mass is 10.1. The van der Waals surface area contributed by atoms with Crippen molar-refractivity contribution in [1.29, 1.82) is 0 Å². The molecule has 33 heavy (non-hydrogen) atoms. The highest BCUT2D eigenvalue weighted by molar-refractivity contribution is 5.94. The van der Waals surface area contributed by atoms with Gasteiger partial charge in [0.1, 0.15) is 18.1 Å². The second-order valence-electron chi connectivity index (χ2n) is 8.38. The summed E-state index contributed by atoms with van der Waals surface area (Å²) in [6.45, 7) is 6.68. The van der Waals surface area contributed by atoms with Gasteiger partial charge in [-0.2, -0.15) is 0 Å². The minimum Gasteiger partial charge on any atom is -0.492 e. The Balaban J connectivity index is 1.43. The number of likely N-dealkylation sites (N-methyl/N-ethyl adjacent to an activating group) is 1. The molecular weight excluding hydrogens is 420 g/mol. The molecule has 1 unspecified atom stereocenters. The van der Waals surface area contributed by atoms with Crippen molar-refractivity contribution in [2.45, 2.75) is 45.4 Å². The Hall–Kier alpha value is -2.90. The van der Waals surface area contributed by atoms with Gasteiger partial charge in [-0.05, 0) is 63.6 Å². The molecule has 0 spiro atoms. The smallest absolute Gasteiger partial charge is 0.261 e. The quantitative estimate of drug-likeness (QED) is 0.524. The molecule has 3 rings (SSSR count). The fraction of sp³-hybridized carbons (Fsp3) is 0.462. The van der Waals surface area contributed by atoms with Crippen LogP contribution in [0.25, 0.3) is 0 Å². The van der Waals surface area contributed by atoms with Crippen LogP contribution in [-0.2, 0) is 16.1 Å². The molecule has 1 N–H and O–H groups in total. The van der Waals surface area contributed by atoms with Crippen LogP contribution in [-0.4, -0.2) is 62.1 Å². The first-order valence-corrected chi connectivity index (χ1v) is 11.5. The lowest BCUT2D eigenvalue weighted by Gasteiger charge is -2.31. The van der Waals surface area contributed by atoms with Crippen LogP contribution in [0.5, 0.6) is 11.5 Å².